The van der Waals surface area contributed by atoms with Crippen LogP contribution in [-0.2, 0) is 11.3 Å². The van der Waals surface area contributed by atoms with E-state index < -0.39 is 0 Å². The van der Waals surface area contributed by atoms with E-state index >= 15 is 0 Å². The number of aromatic nitrogens is 4. The van der Waals surface area contributed by atoms with Gasteiger partial charge < -0.3 is 15.4 Å². The minimum absolute atomic E-state index is 0.0549. The topological polar surface area (TPSA) is 114 Å². The van der Waals surface area contributed by atoms with Gasteiger partial charge in [-0.25, -0.2) is 4.68 Å². The van der Waals surface area contributed by atoms with Crippen molar-refractivity contribution in [2.45, 2.75) is 45.2 Å². The van der Waals surface area contributed by atoms with E-state index in [1.54, 1.807) is 11.8 Å². The van der Waals surface area contributed by atoms with E-state index in [-0.39, 0.29) is 23.4 Å². The van der Waals surface area contributed by atoms with Gasteiger partial charge in [0, 0.05) is 29.6 Å². The van der Waals surface area contributed by atoms with Gasteiger partial charge >= 0.3 is 0 Å². The molecule has 1 fully saturated rings. The molecule has 0 radical (unpaired) electrons. The molecule has 4 aromatic rings. The van der Waals surface area contributed by atoms with Crippen molar-refractivity contribution < 1.29 is 9.53 Å². The minimum atomic E-state index is -0.109. The normalized spacial score (nSPS) is 17.6. The Balaban J connectivity index is 1.28. The Kier molecular flexibility index (Phi) is 6.71. The van der Waals surface area contributed by atoms with Gasteiger partial charge in [0.1, 0.15) is 5.75 Å². The summed E-state index contributed by atoms with van der Waals surface area (Å²) in [5.41, 5.74) is 1.84. The van der Waals surface area contributed by atoms with Gasteiger partial charge in [0.15, 0.2) is 11.6 Å². The molecule has 0 bridgehead atoms. The highest BCUT2D eigenvalue weighted by Gasteiger charge is 2.29. The van der Waals surface area contributed by atoms with Crippen LogP contribution in [0, 0.1) is 12.8 Å². The maximum atomic E-state index is 13.3. The van der Waals surface area contributed by atoms with Crippen molar-refractivity contribution in [2.24, 2.45) is 5.92 Å². The van der Waals surface area contributed by atoms with Crippen LogP contribution in [-0.4, -0.2) is 33.0 Å². The zero-order chi connectivity index (χ0) is 25.1. The second kappa shape index (κ2) is 10.2. The number of amides is 1. The number of methoxy groups -OCH3 is 1. The maximum Gasteiger partial charge on any atom is 0.275 e. The van der Waals surface area contributed by atoms with Gasteiger partial charge in [-0.1, -0.05) is 30.3 Å². The predicted octanol–water partition coefficient (Wildman–Crippen LogP) is 4.23. The van der Waals surface area contributed by atoms with Gasteiger partial charge in [-0.3, -0.25) is 14.7 Å². The molecule has 1 aliphatic carbocycles. The van der Waals surface area contributed by atoms with Gasteiger partial charge in [-0.15, -0.1) is 0 Å². The molecule has 36 heavy (non-hydrogen) atoms. The Labute approximate surface area is 208 Å². The van der Waals surface area contributed by atoms with Gasteiger partial charge in [-0.2, -0.15) is 10.2 Å². The monoisotopic (exact) mass is 486 g/mol. The number of benzene rings is 2. The van der Waals surface area contributed by atoms with E-state index in [0.29, 0.717) is 49.2 Å². The summed E-state index contributed by atoms with van der Waals surface area (Å²) in [5, 5.41) is 19.6. The number of nitrogens with one attached hydrogen (secondary N) is 3. The van der Waals surface area contributed by atoms with Crippen LogP contribution in [0.1, 0.15) is 43.0 Å². The number of hydrogen-bond acceptors (Lipinski definition) is 6. The quantitative estimate of drug-likeness (QED) is 0.360. The molecule has 1 amide bonds. The highest BCUT2D eigenvalue weighted by atomic mass is 16.5. The van der Waals surface area contributed by atoms with Crippen LogP contribution < -0.4 is 20.9 Å². The molecular formula is C27H30N6O3. The van der Waals surface area contributed by atoms with Crippen molar-refractivity contribution in [2.75, 3.05) is 12.4 Å². The Morgan fingerprint density at radius 3 is 2.47 bits per heavy atom. The summed E-state index contributed by atoms with van der Waals surface area (Å²) in [6.07, 6.45) is 2.85. The highest BCUT2D eigenvalue weighted by Crippen LogP contribution is 2.32. The van der Waals surface area contributed by atoms with Crippen LogP contribution in [0.25, 0.3) is 10.8 Å². The first-order valence-corrected chi connectivity index (χ1v) is 12.2. The summed E-state index contributed by atoms with van der Waals surface area (Å²) in [4.78, 5) is 26.1. The lowest BCUT2D eigenvalue weighted by atomic mass is 9.85. The number of aryl methyl sites for hydroxylation is 1. The number of anilines is 2. The fourth-order valence-corrected chi connectivity index (χ4v) is 4.81. The van der Waals surface area contributed by atoms with Gasteiger partial charge in [0.25, 0.3) is 5.56 Å². The molecular weight excluding hydrogens is 456 g/mol. The predicted molar refractivity (Wildman–Crippen MR) is 138 cm³/mol. The van der Waals surface area contributed by atoms with Gasteiger partial charge in [-0.05, 0) is 56.4 Å². The number of aromatic amines is 1. The van der Waals surface area contributed by atoms with Crippen LogP contribution in [0.5, 0.6) is 5.75 Å². The third-order valence-electron chi connectivity index (χ3n) is 6.82. The highest BCUT2D eigenvalue weighted by molar-refractivity contribution is 5.92. The van der Waals surface area contributed by atoms with Crippen molar-refractivity contribution in [3.8, 4) is 5.75 Å². The number of carbonyl (C=O) groups is 1. The SMILES string of the molecule is COc1ccc(CNC(=O)C2CCC(n3nc(Nc4cc(C)[nH]n4)c4ccccc4c3=O)CC2)cc1. The Bertz CT molecular complexity index is 1420. The number of ether oxygens (including phenoxy) is 1. The van der Waals surface area contributed by atoms with Crippen molar-refractivity contribution >= 4 is 28.3 Å². The molecule has 1 saturated carbocycles. The number of carbonyl (C=O) groups excluding carboxylic acids is 1. The third-order valence-corrected chi connectivity index (χ3v) is 6.82. The lowest BCUT2D eigenvalue weighted by molar-refractivity contribution is -0.126. The molecule has 2 aromatic heterocycles. The molecule has 0 aliphatic heterocycles. The first-order valence-electron chi connectivity index (χ1n) is 12.2. The van der Waals surface area contributed by atoms with E-state index in [1.807, 2.05) is 61.5 Å². The van der Waals surface area contributed by atoms with Gasteiger partial charge in [0.05, 0.1) is 18.5 Å². The molecule has 0 saturated heterocycles. The average molecular weight is 487 g/mol. The molecule has 3 N–H and O–H groups in total. The van der Waals surface area contributed by atoms with E-state index in [4.69, 9.17) is 9.84 Å². The largest absolute Gasteiger partial charge is 0.497 e. The van der Waals surface area contributed by atoms with Crippen molar-refractivity contribution in [1.29, 1.82) is 0 Å². The smallest absolute Gasteiger partial charge is 0.275 e. The lowest BCUT2D eigenvalue weighted by Crippen LogP contribution is -2.36. The van der Waals surface area contributed by atoms with Crippen LogP contribution in [0.2, 0.25) is 0 Å². The third kappa shape index (κ3) is 4.95. The number of fused-ring (bicyclic) bond motifs is 1. The number of hydrogen-bond donors (Lipinski definition) is 3. The first-order chi connectivity index (χ1) is 17.5. The molecule has 2 heterocycles. The first kappa shape index (κ1) is 23.6. The zero-order valence-electron chi connectivity index (χ0n) is 20.5. The summed E-state index contributed by atoms with van der Waals surface area (Å²) < 4.78 is 6.77. The summed E-state index contributed by atoms with van der Waals surface area (Å²) in [5.74, 6) is 2.02. The fourth-order valence-electron chi connectivity index (χ4n) is 4.81. The summed E-state index contributed by atoms with van der Waals surface area (Å²) >= 11 is 0. The zero-order valence-corrected chi connectivity index (χ0v) is 20.5. The molecule has 0 spiro atoms. The van der Waals surface area contributed by atoms with Crippen LogP contribution in [0.15, 0.2) is 59.4 Å². The lowest BCUT2D eigenvalue weighted by Gasteiger charge is -2.28. The Morgan fingerprint density at radius 2 is 1.81 bits per heavy atom. The van der Waals surface area contributed by atoms with E-state index in [9.17, 15) is 9.59 Å². The molecule has 0 unspecified atom stereocenters. The van der Waals surface area contributed by atoms with E-state index in [1.165, 1.54) is 0 Å². The van der Waals surface area contributed by atoms with Crippen molar-refractivity contribution in [3.63, 3.8) is 0 Å². The van der Waals surface area contributed by atoms with Crippen LogP contribution in [0.3, 0.4) is 0 Å². The van der Waals surface area contributed by atoms with Crippen molar-refractivity contribution in [1.82, 2.24) is 25.3 Å². The standard InChI is InChI=1S/C27H30N6O3/c1-17-15-24(31-30-17)29-25-22-5-3-4-6-23(22)27(35)33(32-25)20-11-9-19(10-12-20)26(34)28-16-18-7-13-21(36-2)14-8-18/h3-8,13-15,19-20H,9-12,16H2,1-2H3,(H,28,34)(H2,29,30,31,32). The van der Waals surface area contributed by atoms with Gasteiger partial charge in [0.2, 0.25) is 5.91 Å². The molecule has 5 rings (SSSR count). The van der Waals surface area contributed by atoms with E-state index in [2.05, 4.69) is 20.8 Å². The maximum absolute atomic E-state index is 13.3. The second-order valence-corrected chi connectivity index (χ2v) is 9.28. The Hall–Kier alpha value is -4.14. The number of H-pyrrole nitrogens is 1. The molecule has 0 atom stereocenters. The molecule has 9 nitrogen and oxygen atoms in total. The fraction of sp³-hybridized carbons (Fsp3) is 0.333. The van der Waals surface area contributed by atoms with Crippen LogP contribution >= 0.6 is 0 Å². The molecule has 186 valence electrons. The summed E-state index contributed by atoms with van der Waals surface area (Å²) in [6.45, 7) is 2.41. The second-order valence-electron chi connectivity index (χ2n) is 9.28. The number of nitrogens with zero attached hydrogens (tertiary/aromatic N) is 3. The molecule has 1 aliphatic rings. The Morgan fingerprint density at radius 1 is 1.08 bits per heavy atom. The summed E-state index contributed by atoms with van der Waals surface area (Å²) in [7, 11) is 1.63. The average Bonchev–Trinajstić information content (AvgIpc) is 3.33. The van der Waals surface area contributed by atoms with Crippen LogP contribution in [0.4, 0.5) is 11.6 Å². The minimum Gasteiger partial charge on any atom is -0.497 e. The molecule has 9 heteroatoms. The van der Waals surface area contributed by atoms with E-state index in [0.717, 1.165) is 22.4 Å². The molecule has 2 aromatic carbocycles. The van der Waals surface area contributed by atoms with Crippen molar-refractivity contribution in [3.05, 3.63) is 76.2 Å². The summed E-state index contributed by atoms with van der Waals surface area (Å²) in [6, 6.07) is 17.0. The number of rotatable bonds is 7.